The van der Waals surface area contributed by atoms with Crippen LogP contribution >= 0.6 is 0 Å². The average Bonchev–Trinajstić information content (AvgIpc) is 3.22. The predicted octanol–water partition coefficient (Wildman–Crippen LogP) is 2.72. The summed E-state index contributed by atoms with van der Waals surface area (Å²) in [5.41, 5.74) is 2.41. The molecule has 9 heteroatoms. The molecule has 4 rings (SSSR count). The van der Waals surface area contributed by atoms with Crippen LogP contribution in [-0.2, 0) is 41.8 Å². The Bertz CT molecular complexity index is 1220. The van der Waals surface area contributed by atoms with E-state index in [9.17, 15) is 26.3 Å². The largest absolute Gasteiger partial charge is 1.00 e. The molecular formula is C28H24Cl2F6Zr. The molecule has 2 aliphatic rings. The molecule has 2 aromatic carbocycles. The maximum atomic E-state index is 13.7. The number of hydrogen-bond donors (Lipinski definition) is 0. The van der Waals surface area contributed by atoms with Gasteiger partial charge in [0.05, 0.1) is 0 Å². The van der Waals surface area contributed by atoms with Crippen molar-refractivity contribution in [2.75, 3.05) is 0 Å². The van der Waals surface area contributed by atoms with E-state index in [0.717, 1.165) is 40.0 Å². The van der Waals surface area contributed by atoms with Gasteiger partial charge >= 0.3 is 213 Å². The third-order valence-electron chi connectivity index (χ3n) is 6.75. The molecule has 0 aliphatic heterocycles. The van der Waals surface area contributed by atoms with Crippen LogP contribution in [0.15, 0.2) is 95.1 Å². The maximum Gasteiger partial charge on any atom is -1.00 e. The number of benzene rings is 2. The first-order chi connectivity index (χ1) is 16.2. The van der Waals surface area contributed by atoms with E-state index in [0.29, 0.717) is 0 Å². The second-order valence-corrected chi connectivity index (χ2v) is 14.0. The monoisotopic (exact) mass is 634 g/mol. The number of allylic oxidation sites excluding steroid dienone is 8. The molecule has 0 amide bonds. The summed E-state index contributed by atoms with van der Waals surface area (Å²) in [6.07, 6.45) is -1.71. The van der Waals surface area contributed by atoms with Gasteiger partial charge in [0, 0.05) is 0 Å². The van der Waals surface area contributed by atoms with Gasteiger partial charge in [0.1, 0.15) is 0 Å². The van der Waals surface area contributed by atoms with Gasteiger partial charge in [-0.1, -0.05) is 0 Å². The molecule has 0 spiro atoms. The first kappa shape index (κ1) is 31.7. The summed E-state index contributed by atoms with van der Waals surface area (Å²) < 4.78 is 81.0. The molecule has 0 unspecified atom stereocenters. The second kappa shape index (κ2) is 10.9. The molecule has 0 nitrogen and oxygen atoms in total. The summed E-state index contributed by atoms with van der Waals surface area (Å²) in [5.74, 6) is 0. The zero-order valence-electron chi connectivity index (χ0n) is 20.5. The Kier molecular flexibility index (Phi) is 9.33. The zero-order valence-corrected chi connectivity index (χ0v) is 24.4. The molecular weight excluding hydrogens is 612 g/mol. The first-order valence-corrected chi connectivity index (χ1v) is 13.5. The van der Waals surface area contributed by atoms with Gasteiger partial charge in [-0.05, 0) is 0 Å². The number of hydrogen-bond acceptors (Lipinski definition) is 0. The summed E-state index contributed by atoms with van der Waals surface area (Å²) in [6.45, 7) is 7.70. The number of halogens is 8. The van der Waals surface area contributed by atoms with E-state index in [2.05, 4.69) is 12.2 Å². The minimum absolute atomic E-state index is 0. The molecule has 0 bridgehead atoms. The molecule has 0 heterocycles. The fourth-order valence-electron chi connectivity index (χ4n) is 4.78. The third-order valence-corrected chi connectivity index (χ3v) is 11.6. The normalized spacial score (nSPS) is 18.0. The van der Waals surface area contributed by atoms with Gasteiger partial charge in [-0.3, -0.25) is 0 Å². The molecule has 0 saturated carbocycles. The molecule has 0 aromatic heterocycles. The van der Waals surface area contributed by atoms with E-state index >= 15 is 0 Å². The topological polar surface area (TPSA) is 0 Å². The molecule has 0 saturated heterocycles. The van der Waals surface area contributed by atoms with E-state index in [1.165, 1.54) is 0 Å². The number of rotatable bonds is 4. The Balaban J connectivity index is 0.00000241. The van der Waals surface area contributed by atoms with Crippen molar-refractivity contribution in [3.63, 3.8) is 0 Å². The van der Waals surface area contributed by atoms with Crippen LogP contribution in [0.5, 0.6) is 0 Å². The summed E-state index contributed by atoms with van der Waals surface area (Å²) in [5, 5.41) is 0. The van der Waals surface area contributed by atoms with E-state index in [4.69, 9.17) is 0 Å². The molecule has 37 heavy (non-hydrogen) atoms. The minimum Gasteiger partial charge on any atom is -1.00 e. The molecule has 0 atom stereocenters. The van der Waals surface area contributed by atoms with Crippen LogP contribution in [0.25, 0.3) is 0 Å². The summed E-state index contributed by atoms with van der Waals surface area (Å²) in [7, 11) is 0. The Hall–Kier alpha value is -1.56. The van der Waals surface area contributed by atoms with Crippen LogP contribution in [0.4, 0.5) is 26.3 Å². The smallest absolute Gasteiger partial charge is 1.00 e. The van der Waals surface area contributed by atoms with Gasteiger partial charge in [0.2, 0.25) is 0 Å². The van der Waals surface area contributed by atoms with Crippen LogP contribution in [0, 0.1) is 0 Å². The van der Waals surface area contributed by atoms with Crippen LogP contribution in [0.2, 0.25) is 0 Å². The Labute approximate surface area is 237 Å². The molecule has 196 valence electrons. The zero-order chi connectivity index (χ0) is 25.8. The molecule has 2 aliphatic carbocycles. The summed E-state index contributed by atoms with van der Waals surface area (Å²) in [4.78, 5) is 0. The maximum absolute atomic E-state index is 13.7. The van der Waals surface area contributed by atoms with Crippen LogP contribution in [-0.4, -0.2) is 0 Å². The molecule has 0 radical (unpaired) electrons. The van der Waals surface area contributed by atoms with E-state index in [-0.39, 0.29) is 36.4 Å². The Morgan fingerprint density at radius 2 is 0.892 bits per heavy atom. The van der Waals surface area contributed by atoms with Gasteiger partial charge in [0.25, 0.3) is 0 Å². The second-order valence-electron chi connectivity index (χ2n) is 9.33. The standard InChI is InChI=1S/C15H11F6.C13H13.2ClH.Zr/c1-8-3-10(4-9(8)2)11-5-12(14(16,17)18)7-13(6-11)15(19,20)21;1-10-8-13(9-11(10)2)12-6-4-3-5-7-12;;;/h3-7H,1-2H3;3-9H,1-2H3;2*1H;/q;;;;+2/p-2. The fraction of sp³-hybridized carbons (Fsp3) is 0.286. The van der Waals surface area contributed by atoms with E-state index < -0.39 is 53.0 Å². The van der Waals surface area contributed by atoms with Gasteiger partial charge in [0.15, 0.2) is 0 Å². The third kappa shape index (κ3) is 6.20. The van der Waals surface area contributed by atoms with Crippen LogP contribution in [0.3, 0.4) is 0 Å². The minimum atomic E-state index is -4.89. The van der Waals surface area contributed by atoms with Crippen molar-refractivity contribution < 1.29 is 74.4 Å². The molecule has 0 N–H and O–H groups in total. The van der Waals surface area contributed by atoms with Crippen molar-refractivity contribution in [3.8, 4) is 0 Å². The summed E-state index contributed by atoms with van der Waals surface area (Å²) >= 11 is -1.93. The first-order valence-electron chi connectivity index (χ1n) is 11.1. The van der Waals surface area contributed by atoms with Crippen molar-refractivity contribution in [2.45, 2.75) is 46.3 Å². The van der Waals surface area contributed by atoms with Crippen molar-refractivity contribution in [1.29, 1.82) is 0 Å². The van der Waals surface area contributed by atoms with Crippen molar-refractivity contribution >= 4 is 0 Å². The van der Waals surface area contributed by atoms with Crippen LogP contribution < -0.4 is 24.8 Å². The van der Waals surface area contributed by atoms with Crippen LogP contribution in [0.1, 0.15) is 49.9 Å². The van der Waals surface area contributed by atoms with Gasteiger partial charge in [-0.25, -0.2) is 0 Å². The van der Waals surface area contributed by atoms with Crippen molar-refractivity contribution in [3.05, 3.63) is 117 Å². The van der Waals surface area contributed by atoms with E-state index in [1.807, 2.05) is 70.2 Å². The van der Waals surface area contributed by atoms with Gasteiger partial charge in [-0.2, -0.15) is 0 Å². The Morgan fingerprint density at radius 1 is 0.541 bits per heavy atom. The summed E-state index contributed by atoms with van der Waals surface area (Å²) in [6, 6.07) is 11.7. The number of alkyl halides is 6. The molecule has 2 aromatic rings. The van der Waals surface area contributed by atoms with Crippen molar-refractivity contribution in [2.24, 2.45) is 0 Å². The van der Waals surface area contributed by atoms with Crippen molar-refractivity contribution in [1.82, 2.24) is 0 Å². The predicted molar refractivity (Wildman–Crippen MR) is 121 cm³/mol. The fourth-order valence-corrected chi connectivity index (χ4v) is 10.8. The van der Waals surface area contributed by atoms with Gasteiger partial charge in [-0.15, -0.1) is 0 Å². The Morgan fingerprint density at radius 3 is 1.24 bits per heavy atom. The molecule has 0 fully saturated rings. The average molecular weight is 637 g/mol. The van der Waals surface area contributed by atoms with E-state index in [1.54, 1.807) is 0 Å². The van der Waals surface area contributed by atoms with Gasteiger partial charge < -0.3 is 24.8 Å². The SMILES string of the molecule is CC1=C[C]([Zr+2][C]2(c3cc(C(F)(F)F)cc(C(F)(F)F)c3)C=C(C)C(C)=C2)(c2ccccc2)C=C1C.[Cl-].[Cl-]. The quantitative estimate of drug-likeness (QED) is 0.454.